The number of aromatic nitrogens is 3. The first-order valence-corrected chi connectivity index (χ1v) is 7.14. The molecule has 0 radical (unpaired) electrons. The van der Waals surface area contributed by atoms with Crippen molar-refractivity contribution in [2.75, 3.05) is 6.26 Å². The Balaban J connectivity index is 2.65. The van der Waals surface area contributed by atoms with E-state index in [0.717, 1.165) is 24.6 Å². The van der Waals surface area contributed by atoms with Crippen LogP contribution in [0.2, 0.25) is 0 Å². The molecule has 0 aliphatic rings. The summed E-state index contributed by atoms with van der Waals surface area (Å²) in [6.45, 7) is 0. The second kappa shape index (κ2) is 4.82. The van der Waals surface area contributed by atoms with Crippen molar-refractivity contribution in [3.63, 3.8) is 0 Å². The largest absolute Gasteiger partial charge is 0.418 e. The average molecular weight is 303 g/mol. The van der Waals surface area contributed by atoms with Gasteiger partial charge in [0, 0.05) is 18.6 Å². The molecule has 0 aliphatic carbocycles. The number of alkyl halides is 3. The van der Waals surface area contributed by atoms with E-state index in [0.29, 0.717) is 0 Å². The van der Waals surface area contributed by atoms with Crippen LogP contribution in [0.15, 0.2) is 35.7 Å². The van der Waals surface area contributed by atoms with Gasteiger partial charge >= 0.3 is 6.18 Å². The van der Waals surface area contributed by atoms with Crippen LogP contribution in [0.4, 0.5) is 13.2 Å². The molecule has 0 amide bonds. The van der Waals surface area contributed by atoms with E-state index < -0.39 is 32.4 Å². The zero-order valence-electron chi connectivity index (χ0n) is 10.1. The second-order valence-corrected chi connectivity index (χ2v) is 5.80. The minimum atomic E-state index is -4.61. The molecule has 0 spiro atoms. The number of sulfone groups is 1. The van der Waals surface area contributed by atoms with Crippen LogP contribution in [0.3, 0.4) is 0 Å². The lowest BCUT2D eigenvalue weighted by Crippen LogP contribution is -2.10. The van der Waals surface area contributed by atoms with Crippen LogP contribution in [-0.2, 0) is 16.0 Å². The average Bonchev–Trinajstić information content (AvgIpc) is 2.37. The van der Waals surface area contributed by atoms with Gasteiger partial charge < -0.3 is 0 Å². The summed E-state index contributed by atoms with van der Waals surface area (Å²) in [6.07, 6.45) is -1.49. The highest BCUT2D eigenvalue weighted by Gasteiger charge is 2.34. The van der Waals surface area contributed by atoms with Crippen molar-refractivity contribution in [3.05, 3.63) is 36.2 Å². The van der Waals surface area contributed by atoms with Gasteiger partial charge in [-0.2, -0.15) is 13.2 Å². The molecule has 2 rings (SSSR count). The minimum Gasteiger partial charge on any atom is -0.254 e. The zero-order chi connectivity index (χ0) is 15.0. The van der Waals surface area contributed by atoms with Gasteiger partial charge in [-0.25, -0.2) is 18.4 Å². The quantitative estimate of drug-likeness (QED) is 0.793. The molecule has 2 aromatic rings. The molecular formula is C11H8F3N3O2S. The summed E-state index contributed by atoms with van der Waals surface area (Å²) in [7, 11) is -3.71. The standard InChI is InChI=1S/C11H8F3N3O2S/c1-20(18,19)10-16-6-4-8(17-10)9-7(11(12,13)14)3-2-5-15-9/h2-6H,1H3. The van der Waals surface area contributed by atoms with Crippen molar-refractivity contribution in [1.82, 2.24) is 15.0 Å². The van der Waals surface area contributed by atoms with Crippen LogP contribution in [0.25, 0.3) is 11.4 Å². The van der Waals surface area contributed by atoms with Crippen LogP contribution in [-0.4, -0.2) is 29.6 Å². The molecule has 2 heterocycles. The Hall–Kier alpha value is -2.03. The van der Waals surface area contributed by atoms with Crippen LogP contribution in [0.1, 0.15) is 5.56 Å². The van der Waals surface area contributed by atoms with Gasteiger partial charge in [-0.05, 0) is 18.2 Å². The summed E-state index contributed by atoms with van der Waals surface area (Å²) in [5.41, 5.74) is -1.63. The molecular weight excluding hydrogens is 295 g/mol. The van der Waals surface area contributed by atoms with Crippen molar-refractivity contribution in [2.45, 2.75) is 11.3 Å². The predicted molar refractivity (Wildman–Crippen MR) is 63.4 cm³/mol. The van der Waals surface area contributed by atoms with Crippen LogP contribution < -0.4 is 0 Å². The van der Waals surface area contributed by atoms with E-state index in [4.69, 9.17) is 0 Å². The Labute approximate surface area is 112 Å². The molecule has 0 bridgehead atoms. The van der Waals surface area contributed by atoms with Crippen molar-refractivity contribution >= 4 is 9.84 Å². The maximum atomic E-state index is 12.9. The minimum absolute atomic E-state index is 0.201. The highest BCUT2D eigenvalue weighted by Crippen LogP contribution is 2.34. The van der Waals surface area contributed by atoms with Crippen LogP contribution >= 0.6 is 0 Å². The molecule has 0 N–H and O–H groups in total. The van der Waals surface area contributed by atoms with Crippen molar-refractivity contribution in [1.29, 1.82) is 0 Å². The van der Waals surface area contributed by atoms with E-state index in [9.17, 15) is 21.6 Å². The second-order valence-electron chi connectivity index (χ2n) is 3.89. The summed E-state index contributed by atoms with van der Waals surface area (Å²) in [5.74, 6) is 0. The van der Waals surface area contributed by atoms with E-state index in [-0.39, 0.29) is 5.69 Å². The molecule has 2 aromatic heterocycles. The number of halogens is 3. The molecule has 5 nitrogen and oxygen atoms in total. The van der Waals surface area contributed by atoms with E-state index in [1.807, 2.05) is 0 Å². The number of pyridine rings is 1. The van der Waals surface area contributed by atoms with Gasteiger partial charge in [-0.15, -0.1) is 0 Å². The fourth-order valence-corrected chi connectivity index (χ4v) is 2.01. The number of hydrogen-bond donors (Lipinski definition) is 0. The lowest BCUT2D eigenvalue weighted by atomic mass is 10.1. The Kier molecular flexibility index (Phi) is 3.46. The topological polar surface area (TPSA) is 72.8 Å². The van der Waals surface area contributed by atoms with Gasteiger partial charge in [0.15, 0.2) is 0 Å². The van der Waals surface area contributed by atoms with E-state index >= 15 is 0 Å². The van der Waals surface area contributed by atoms with Crippen molar-refractivity contribution < 1.29 is 21.6 Å². The molecule has 0 fully saturated rings. The fraction of sp³-hybridized carbons (Fsp3) is 0.182. The third kappa shape index (κ3) is 2.93. The smallest absolute Gasteiger partial charge is 0.254 e. The van der Waals surface area contributed by atoms with Gasteiger partial charge in [0.05, 0.1) is 11.3 Å². The Morgan fingerprint density at radius 2 is 1.80 bits per heavy atom. The first-order valence-electron chi connectivity index (χ1n) is 5.25. The fourth-order valence-electron chi connectivity index (χ4n) is 1.49. The van der Waals surface area contributed by atoms with Crippen LogP contribution in [0, 0.1) is 0 Å². The molecule has 0 aliphatic heterocycles. The first-order chi connectivity index (χ1) is 9.19. The lowest BCUT2D eigenvalue weighted by Gasteiger charge is -2.11. The monoisotopic (exact) mass is 303 g/mol. The summed E-state index contributed by atoms with van der Waals surface area (Å²) >= 11 is 0. The lowest BCUT2D eigenvalue weighted by molar-refractivity contribution is -0.137. The van der Waals surface area contributed by atoms with E-state index in [1.54, 1.807) is 0 Å². The molecule has 20 heavy (non-hydrogen) atoms. The molecule has 0 aromatic carbocycles. The Morgan fingerprint density at radius 3 is 2.40 bits per heavy atom. The van der Waals surface area contributed by atoms with E-state index in [1.165, 1.54) is 12.3 Å². The maximum absolute atomic E-state index is 12.9. The normalized spacial score (nSPS) is 12.4. The number of rotatable bonds is 2. The molecule has 106 valence electrons. The summed E-state index contributed by atoms with van der Waals surface area (Å²) in [4.78, 5) is 10.8. The molecule has 9 heteroatoms. The summed E-state index contributed by atoms with van der Waals surface area (Å²) in [5, 5.41) is -0.547. The Morgan fingerprint density at radius 1 is 1.10 bits per heavy atom. The maximum Gasteiger partial charge on any atom is 0.418 e. The third-order valence-corrected chi connectivity index (χ3v) is 3.18. The highest BCUT2D eigenvalue weighted by atomic mass is 32.2. The molecule has 0 saturated carbocycles. The third-order valence-electron chi connectivity index (χ3n) is 2.32. The first kappa shape index (κ1) is 14.4. The van der Waals surface area contributed by atoms with Gasteiger partial charge in [-0.1, -0.05) is 0 Å². The summed E-state index contributed by atoms with van der Waals surface area (Å²) < 4.78 is 61.3. The van der Waals surface area contributed by atoms with Gasteiger partial charge in [0.2, 0.25) is 15.0 Å². The molecule has 0 saturated heterocycles. The van der Waals surface area contributed by atoms with Gasteiger partial charge in [-0.3, -0.25) is 4.98 Å². The van der Waals surface area contributed by atoms with Gasteiger partial charge in [0.1, 0.15) is 5.69 Å². The van der Waals surface area contributed by atoms with Crippen LogP contribution in [0.5, 0.6) is 0 Å². The van der Waals surface area contributed by atoms with Gasteiger partial charge in [0.25, 0.3) is 0 Å². The number of nitrogens with zero attached hydrogens (tertiary/aromatic N) is 3. The van der Waals surface area contributed by atoms with Crippen molar-refractivity contribution in [3.8, 4) is 11.4 Å². The summed E-state index contributed by atoms with van der Waals surface area (Å²) in [6, 6.07) is 3.17. The van der Waals surface area contributed by atoms with E-state index in [2.05, 4.69) is 15.0 Å². The predicted octanol–water partition coefficient (Wildman–Crippen LogP) is 1.96. The molecule has 0 unspecified atom stereocenters. The van der Waals surface area contributed by atoms with Crippen molar-refractivity contribution in [2.24, 2.45) is 0 Å². The molecule has 0 atom stereocenters. The SMILES string of the molecule is CS(=O)(=O)c1nccc(-c2ncccc2C(F)(F)F)n1. The highest BCUT2D eigenvalue weighted by molar-refractivity contribution is 7.90. The number of hydrogen-bond acceptors (Lipinski definition) is 5. The Bertz CT molecular complexity index is 745. The zero-order valence-corrected chi connectivity index (χ0v) is 10.9.